The Kier molecular flexibility index (Phi) is 4.62. The van der Waals surface area contributed by atoms with E-state index in [1.165, 1.54) is 17.8 Å². The van der Waals surface area contributed by atoms with E-state index in [-0.39, 0.29) is 17.3 Å². The fraction of sp³-hybridized carbons (Fsp3) is 0.154. The highest BCUT2D eigenvalue weighted by Gasteiger charge is 2.08. The van der Waals surface area contributed by atoms with Crippen molar-refractivity contribution in [1.29, 1.82) is 0 Å². The van der Waals surface area contributed by atoms with Crippen molar-refractivity contribution < 1.29 is 13.6 Å². The molecule has 1 aromatic heterocycles. The second kappa shape index (κ2) is 6.42. The van der Waals surface area contributed by atoms with E-state index in [9.17, 15) is 13.6 Å². The van der Waals surface area contributed by atoms with Crippen molar-refractivity contribution in [1.82, 2.24) is 9.97 Å². The lowest BCUT2D eigenvalue weighted by Crippen LogP contribution is -2.14. The van der Waals surface area contributed by atoms with Crippen LogP contribution in [-0.4, -0.2) is 21.6 Å². The summed E-state index contributed by atoms with van der Waals surface area (Å²) in [6.07, 6.45) is 1.61. The van der Waals surface area contributed by atoms with E-state index in [0.717, 1.165) is 17.8 Å². The Balaban J connectivity index is 1.91. The largest absolute Gasteiger partial charge is 0.325 e. The number of halogens is 2. The molecule has 7 heteroatoms. The molecule has 0 saturated heterocycles. The molecule has 0 aliphatic heterocycles. The number of nitrogens with zero attached hydrogens (tertiary/aromatic N) is 2. The highest BCUT2D eigenvalue weighted by atomic mass is 32.2. The summed E-state index contributed by atoms with van der Waals surface area (Å²) in [7, 11) is 0. The molecule has 0 unspecified atom stereocenters. The van der Waals surface area contributed by atoms with Crippen LogP contribution in [0.5, 0.6) is 0 Å². The van der Waals surface area contributed by atoms with Gasteiger partial charge < -0.3 is 5.32 Å². The Bertz CT molecular complexity index is 637. The number of nitrogens with one attached hydrogen (secondary N) is 1. The summed E-state index contributed by atoms with van der Waals surface area (Å²) in [5.41, 5.74) is 1.02. The number of hydrogen-bond acceptors (Lipinski definition) is 4. The van der Waals surface area contributed by atoms with Gasteiger partial charge in [-0.15, -0.1) is 0 Å². The maximum absolute atomic E-state index is 13.0. The van der Waals surface area contributed by atoms with Crippen molar-refractivity contribution >= 4 is 23.4 Å². The molecule has 104 valence electrons. The van der Waals surface area contributed by atoms with Crippen LogP contribution in [0.4, 0.5) is 14.5 Å². The van der Waals surface area contributed by atoms with Gasteiger partial charge in [-0.05, 0) is 25.1 Å². The van der Waals surface area contributed by atoms with E-state index in [4.69, 9.17) is 0 Å². The number of aromatic nitrogens is 2. The Morgan fingerprint density at radius 3 is 2.80 bits per heavy atom. The van der Waals surface area contributed by atoms with Crippen molar-refractivity contribution in [3.63, 3.8) is 0 Å². The van der Waals surface area contributed by atoms with E-state index in [2.05, 4.69) is 15.3 Å². The van der Waals surface area contributed by atoms with Crippen molar-refractivity contribution in [3.05, 3.63) is 47.8 Å². The lowest BCUT2D eigenvalue weighted by Gasteiger charge is -2.05. The van der Waals surface area contributed by atoms with Gasteiger partial charge in [0.25, 0.3) is 0 Å². The predicted molar refractivity (Wildman–Crippen MR) is 72.5 cm³/mol. The van der Waals surface area contributed by atoms with Gasteiger partial charge in [0.2, 0.25) is 5.91 Å². The molecule has 1 N–H and O–H groups in total. The maximum Gasteiger partial charge on any atom is 0.234 e. The first-order chi connectivity index (χ1) is 9.54. The number of aryl methyl sites for hydroxylation is 1. The molecule has 1 amide bonds. The summed E-state index contributed by atoms with van der Waals surface area (Å²) in [6.45, 7) is 1.83. The van der Waals surface area contributed by atoms with Crippen LogP contribution in [0.25, 0.3) is 0 Å². The molecular weight excluding hydrogens is 284 g/mol. The monoisotopic (exact) mass is 295 g/mol. The lowest BCUT2D eigenvalue weighted by atomic mass is 10.3. The van der Waals surface area contributed by atoms with Crippen LogP contribution in [0.1, 0.15) is 5.69 Å². The third kappa shape index (κ3) is 3.99. The second-order valence-electron chi connectivity index (χ2n) is 3.95. The first-order valence-corrected chi connectivity index (χ1v) is 6.70. The van der Waals surface area contributed by atoms with Gasteiger partial charge >= 0.3 is 0 Å². The summed E-state index contributed by atoms with van der Waals surface area (Å²) >= 11 is 1.17. The quantitative estimate of drug-likeness (QED) is 0.696. The normalized spacial score (nSPS) is 10.3. The number of anilines is 1. The molecule has 1 heterocycles. The summed E-state index contributed by atoms with van der Waals surface area (Å²) in [4.78, 5) is 19.8. The predicted octanol–water partition coefficient (Wildman–Crippen LogP) is 2.79. The molecule has 4 nitrogen and oxygen atoms in total. The standard InChI is InChI=1S/C13H11F2N3OS/c1-8-4-5-16-13(17-8)20-7-12(19)18-9-2-3-10(14)11(15)6-9/h2-6H,7H2,1H3,(H,18,19). The highest BCUT2D eigenvalue weighted by molar-refractivity contribution is 7.99. The van der Waals surface area contributed by atoms with Gasteiger partial charge in [0.05, 0.1) is 5.75 Å². The summed E-state index contributed by atoms with van der Waals surface area (Å²) in [5.74, 6) is -2.21. The summed E-state index contributed by atoms with van der Waals surface area (Å²) in [5, 5.41) is 2.96. The zero-order valence-electron chi connectivity index (χ0n) is 10.6. The van der Waals surface area contributed by atoms with E-state index >= 15 is 0 Å². The van der Waals surface area contributed by atoms with E-state index < -0.39 is 11.6 Å². The number of hydrogen-bond donors (Lipinski definition) is 1. The molecule has 0 aliphatic carbocycles. The molecular formula is C13H11F2N3OS. The summed E-state index contributed by atoms with van der Waals surface area (Å²) in [6, 6.07) is 4.94. The number of benzene rings is 1. The zero-order valence-corrected chi connectivity index (χ0v) is 11.4. The number of rotatable bonds is 4. The molecule has 0 radical (unpaired) electrons. The smallest absolute Gasteiger partial charge is 0.234 e. The van der Waals surface area contributed by atoms with Gasteiger partial charge in [0.15, 0.2) is 16.8 Å². The fourth-order valence-corrected chi connectivity index (χ4v) is 2.07. The minimum absolute atomic E-state index is 0.0858. The first-order valence-electron chi connectivity index (χ1n) is 5.72. The van der Waals surface area contributed by atoms with E-state index in [0.29, 0.717) is 5.16 Å². The van der Waals surface area contributed by atoms with Crippen LogP contribution in [0.15, 0.2) is 35.6 Å². The van der Waals surface area contributed by atoms with Crippen LogP contribution in [-0.2, 0) is 4.79 Å². The molecule has 0 fully saturated rings. The van der Waals surface area contributed by atoms with E-state index in [1.54, 1.807) is 12.3 Å². The number of carbonyl (C=O) groups is 1. The van der Waals surface area contributed by atoms with Gasteiger partial charge in [-0.1, -0.05) is 11.8 Å². The molecule has 0 spiro atoms. The third-order valence-electron chi connectivity index (χ3n) is 2.31. The van der Waals surface area contributed by atoms with Gasteiger partial charge in [-0.2, -0.15) is 0 Å². The van der Waals surface area contributed by atoms with Gasteiger partial charge in [0.1, 0.15) is 0 Å². The van der Waals surface area contributed by atoms with Crippen LogP contribution in [0.3, 0.4) is 0 Å². The fourth-order valence-electron chi connectivity index (χ4n) is 1.40. The van der Waals surface area contributed by atoms with Crippen molar-refractivity contribution in [2.24, 2.45) is 0 Å². The van der Waals surface area contributed by atoms with Crippen molar-refractivity contribution in [2.75, 3.05) is 11.1 Å². The van der Waals surface area contributed by atoms with Gasteiger partial charge in [-0.25, -0.2) is 18.7 Å². The zero-order chi connectivity index (χ0) is 14.5. The maximum atomic E-state index is 13.0. The molecule has 0 aliphatic rings. The minimum Gasteiger partial charge on any atom is -0.325 e. The Morgan fingerprint density at radius 2 is 2.10 bits per heavy atom. The van der Waals surface area contributed by atoms with Crippen LogP contribution in [0, 0.1) is 18.6 Å². The number of thioether (sulfide) groups is 1. The minimum atomic E-state index is -1.00. The van der Waals surface area contributed by atoms with Crippen LogP contribution >= 0.6 is 11.8 Å². The average Bonchev–Trinajstić information content (AvgIpc) is 2.41. The summed E-state index contributed by atoms with van der Waals surface area (Å²) < 4.78 is 25.7. The van der Waals surface area contributed by atoms with E-state index in [1.807, 2.05) is 6.92 Å². The molecule has 0 bridgehead atoms. The molecule has 0 saturated carbocycles. The van der Waals surface area contributed by atoms with Gasteiger partial charge in [0, 0.05) is 23.6 Å². The number of carbonyl (C=O) groups excluding carboxylic acids is 1. The molecule has 0 atom stereocenters. The van der Waals surface area contributed by atoms with Crippen molar-refractivity contribution in [3.8, 4) is 0 Å². The first kappa shape index (κ1) is 14.4. The molecule has 1 aromatic carbocycles. The number of amides is 1. The van der Waals surface area contributed by atoms with Crippen molar-refractivity contribution in [2.45, 2.75) is 12.1 Å². The third-order valence-corrected chi connectivity index (χ3v) is 3.17. The van der Waals surface area contributed by atoms with Crippen LogP contribution in [0.2, 0.25) is 0 Å². The topological polar surface area (TPSA) is 54.9 Å². The Morgan fingerprint density at radius 1 is 1.30 bits per heavy atom. The highest BCUT2D eigenvalue weighted by Crippen LogP contribution is 2.15. The Labute approximate surface area is 118 Å². The average molecular weight is 295 g/mol. The lowest BCUT2D eigenvalue weighted by molar-refractivity contribution is -0.113. The molecule has 2 aromatic rings. The van der Waals surface area contributed by atoms with Gasteiger partial charge in [-0.3, -0.25) is 4.79 Å². The molecule has 2 rings (SSSR count). The second-order valence-corrected chi connectivity index (χ2v) is 4.89. The molecule has 20 heavy (non-hydrogen) atoms. The SMILES string of the molecule is Cc1ccnc(SCC(=O)Nc2ccc(F)c(F)c2)n1. The Hall–Kier alpha value is -2.02. The van der Waals surface area contributed by atoms with Crippen LogP contribution < -0.4 is 5.32 Å².